The van der Waals surface area contributed by atoms with Crippen LogP contribution in [0.5, 0.6) is 0 Å². The van der Waals surface area contributed by atoms with E-state index >= 15 is 0 Å². The van der Waals surface area contributed by atoms with E-state index in [4.69, 9.17) is 22.1 Å². The lowest BCUT2D eigenvalue weighted by atomic mass is 10.1. The van der Waals surface area contributed by atoms with Gasteiger partial charge in [-0.15, -0.1) is 11.6 Å². The minimum atomic E-state index is 0.387. The molecule has 1 aromatic carbocycles. The van der Waals surface area contributed by atoms with E-state index < -0.39 is 0 Å². The highest BCUT2D eigenvalue weighted by atomic mass is 35.5. The van der Waals surface area contributed by atoms with E-state index in [1.807, 2.05) is 19.1 Å². The average Bonchev–Trinajstić information content (AvgIpc) is 2.38. The SMILES string of the molecule is CCOCCc1ccc2nc(N)c(CCl)cc2c1. The van der Waals surface area contributed by atoms with Gasteiger partial charge in [0.15, 0.2) is 0 Å². The van der Waals surface area contributed by atoms with Crippen LogP contribution in [0, 0.1) is 0 Å². The summed E-state index contributed by atoms with van der Waals surface area (Å²) in [4.78, 5) is 4.35. The average molecular weight is 265 g/mol. The van der Waals surface area contributed by atoms with E-state index in [9.17, 15) is 0 Å². The Hall–Kier alpha value is -1.32. The van der Waals surface area contributed by atoms with Crippen LogP contribution in [0.2, 0.25) is 0 Å². The van der Waals surface area contributed by atoms with Crippen molar-refractivity contribution in [1.82, 2.24) is 4.98 Å². The Morgan fingerprint density at radius 3 is 2.89 bits per heavy atom. The smallest absolute Gasteiger partial charge is 0.128 e. The van der Waals surface area contributed by atoms with E-state index in [0.29, 0.717) is 11.7 Å². The Bertz CT molecular complexity index is 543. The van der Waals surface area contributed by atoms with Crippen LogP contribution in [0.1, 0.15) is 18.1 Å². The van der Waals surface area contributed by atoms with Gasteiger partial charge in [-0.1, -0.05) is 6.07 Å². The Kier molecular flexibility index (Phi) is 4.39. The highest BCUT2D eigenvalue weighted by molar-refractivity contribution is 6.17. The molecule has 4 heteroatoms. The summed E-state index contributed by atoms with van der Waals surface area (Å²) >= 11 is 5.83. The third-order valence-electron chi connectivity index (χ3n) is 2.87. The first-order valence-electron chi connectivity index (χ1n) is 6.06. The number of aromatic nitrogens is 1. The molecule has 1 heterocycles. The summed E-state index contributed by atoms with van der Waals surface area (Å²) in [7, 11) is 0. The molecule has 0 aliphatic carbocycles. The van der Waals surface area contributed by atoms with Gasteiger partial charge in [0.25, 0.3) is 0 Å². The quantitative estimate of drug-likeness (QED) is 0.667. The van der Waals surface area contributed by atoms with E-state index in [1.165, 1.54) is 5.56 Å². The fourth-order valence-corrected chi connectivity index (χ4v) is 2.10. The lowest BCUT2D eigenvalue weighted by Gasteiger charge is -2.07. The number of pyridine rings is 1. The standard InChI is InChI=1S/C14H17ClN2O/c1-2-18-6-5-10-3-4-13-11(7-10)8-12(9-15)14(16)17-13/h3-4,7-8H,2,5-6,9H2,1H3,(H2,16,17). The lowest BCUT2D eigenvalue weighted by molar-refractivity contribution is 0.151. The van der Waals surface area contributed by atoms with Gasteiger partial charge in [0.05, 0.1) is 18.0 Å². The minimum absolute atomic E-state index is 0.387. The van der Waals surface area contributed by atoms with Gasteiger partial charge in [-0.2, -0.15) is 0 Å². The number of benzene rings is 1. The third-order valence-corrected chi connectivity index (χ3v) is 3.16. The van der Waals surface area contributed by atoms with Gasteiger partial charge in [0.2, 0.25) is 0 Å². The number of nitrogen functional groups attached to an aromatic ring is 1. The van der Waals surface area contributed by atoms with Crippen molar-refractivity contribution in [2.75, 3.05) is 18.9 Å². The van der Waals surface area contributed by atoms with Gasteiger partial charge in [-0.05, 0) is 37.1 Å². The number of rotatable bonds is 5. The first-order valence-corrected chi connectivity index (χ1v) is 6.59. The van der Waals surface area contributed by atoms with Crippen LogP contribution in [0.25, 0.3) is 10.9 Å². The number of nitrogens with two attached hydrogens (primary N) is 1. The van der Waals surface area contributed by atoms with Gasteiger partial charge in [0.1, 0.15) is 5.82 Å². The molecule has 0 radical (unpaired) electrons. The molecule has 0 bridgehead atoms. The summed E-state index contributed by atoms with van der Waals surface area (Å²) in [5.74, 6) is 0.900. The molecule has 2 rings (SSSR count). The third kappa shape index (κ3) is 2.92. The van der Waals surface area contributed by atoms with Crippen LogP contribution < -0.4 is 5.73 Å². The Morgan fingerprint density at radius 1 is 1.33 bits per heavy atom. The Balaban J connectivity index is 2.29. The van der Waals surface area contributed by atoms with Crippen molar-refractivity contribution in [2.45, 2.75) is 19.2 Å². The van der Waals surface area contributed by atoms with Gasteiger partial charge < -0.3 is 10.5 Å². The van der Waals surface area contributed by atoms with E-state index in [-0.39, 0.29) is 0 Å². The molecule has 3 nitrogen and oxygen atoms in total. The normalized spacial score (nSPS) is 11.0. The minimum Gasteiger partial charge on any atom is -0.383 e. The van der Waals surface area contributed by atoms with Crippen LogP contribution in [0.4, 0.5) is 5.82 Å². The van der Waals surface area contributed by atoms with Crippen molar-refractivity contribution in [3.63, 3.8) is 0 Å². The van der Waals surface area contributed by atoms with E-state index in [2.05, 4.69) is 17.1 Å². The van der Waals surface area contributed by atoms with E-state index in [0.717, 1.165) is 36.1 Å². The lowest BCUT2D eigenvalue weighted by Crippen LogP contribution is -1.99. The number of fused-ring (bicyclic) bond motifs is 1. The molecule has 0 spiro atoms. The summed E-state index contributed by atoms with van der Waals surface area (Å²) in [6.07, 6.45) is 0.907. The molecule has 18 heavy (non-hydrogen) atoms. The van der Waals surface area contributed by atoms with E-state index in [1.54, 1.807) is 0 Å². The van der Waals surface area contributed by atoms with Crippen molar-refractivity contribution in [3.8, 4) is 0 Å². The summed E-state index contributed by atoms with van der Waals surface area (Å²) in [5.41, 5.74) is 8.84. The highest BCUT2D eigenvalue weighted by Crippen LogP contribution is 2.21. The molecule has 0 amide bonds. The topological polar surface area (TPSA) is 48.1 Å². The van der Waals surface area contributed by atoms with Crippen LogP contribution in [-0.2, 0) is 17.0 Å². The monoisotopic (exact) mass is 264 g/mol. The van der Waals surface area contributed by atoms with Crippen molar-refractivity contribution in [3.05, 3.63) is 35.4 Å². The predicted octanol–water partition coefficient (Wildman–Crippen LogP) is 3.13. The molecule has 1 aromatic heterocycles. The molecule has 0 aliphatic rings. The number of anilines is 1. The zero-order valence-corrected chi connectivity index (χ0v) is 11.2. The maximum atomic E-state index is 5.83. The largest absolute Gasteiger partial charge is 0.383 e. The summed E-state index contributed by atoms with van der Waals surface area (Å²) in [6.45, 7) is 3.49. The van der Waals surface area contributed by atoms with Crippen molar-refractivity contribution in [2.24, 2.45) is 0 Å². The molecule has 2 N–H and O–H groups in total. The number of hydrogen-bond acceptors (Lipinski definition) is 3. The summed E-state index contributed by atoms with van der Waals surface area (Å²) < 4.78 is 5.36. The second-order valence-electron chi connectivity index (χ2n) is 4.14. The van der Waals surface area contributed by atoms with Crippen LogP contribution in [-0.4, -0.2) is 18.2 Å². The second-order valence-corrected chi connectivity index (χ2v) is 4.41. The second kappa shape index (κ2) is 6.03. The Morgan fingerprint density at radius 2 is 2.17 bits per heavy atom. The highest BCUT2D eigenvalue weighted by Gasteiger charge is 2.04. The first kappa shape index (κ1) is 13.1. The Labute approximate surface area is 112 Å². The molecule has 0 saturated heterocycles. The number of ether oxygens (including phenoxy) is 1. The van der Waals surface area contributed by atoms with Crippen molar-refractivity contribution >= 4 is 28.3 Å². The van der Waals surface area contributed by atoms with Crippen molar-refractivity contribution in [1.29, 1.82) is 0 Å². The fraction of sp³-hybridized carbons (Fsp3) is 0.357. The van der Waals surface area contributed by atoms with Crippen LogP contribution in [0.15, 0.2) is 24.3 Å². The molecule has 0 fully saturated rings. The number of halogens is 1. The maximum absolute atomic E-state index is 5.83. The predicted molar refractivity (Wildman–Crippen MR) is 75.9 cm³/mol. The molecule has 0 atom stereocenters. The summed E-state index contributed by atoms with van der Waals surface area (Å²) in [5, 5.41) is 1.08. The molecule has 0 aliphatic heterocycles. The molecule has 0 saturated carbocycles. The zero-order valence-electron chi connectivity index (χ0n) is 10.4. The zero-order chi connectivity index (χ0) is 13.0. The fourth-order valence-electron chi connectivity index (χ4n) is 1.88. The van der Waals surface area contributed by atoms with Gasteiger partial charge in [0, 0.05) is 17.6 Å². The van der Waals surface area contributed by atoms with Gasteiger partial charge >= 0.3 is 0 Å². The molecule has 2 aromatic rings. The van der Waals surface area contributed by atoms with Crippen LogP contribution in [0.3, 0.4) is 0 Å². The summed E-state index contributed by atoms with van der Waals surface area (Å²) in [6, 6.07) is 8.19. The molecular weight excluding hydrogens is 248 g/mol. The molecule has 0 unspecified atom stereocenters. The van der Waals surface area contributed by atoms with Crippen molar-refractivity contribution < 1.29 is 4.74 Å². The number of nitrogens with zero attached hydrogens (tertiary/aromatic N) is 1. The van der Waals surface area contributed by atoms with Gasteiger partial charge in [-0.25, -0.2) is 4.98 Å². The first-order chi connectivity index (χ1) is 8.74. The maximum Gasteiger partial charge on any atom is 0.128 e. The molecular formula is C14H17ClN2O. The molecule has 96 valence electrons. The van der Waals surface area contributed by atoms with Gasteiger partial charge in [-0.3, -0.25) is 0 Å². The number of hydrogen-bond donors (Lipinski definition) is 1. The van der Waals surface area contributed by atoms with Crippen LogP contribution >= 0.6 is 11.6 Å². The number of alkyl halides is 1.